The van der Waals surface area contributed by atoms with Crippen LogP contribution in [0.3, 0.4) is 0 Å². The lowest BCUT2D eigenvalue weighted by molar-refractivity contribution is 0.209. The molecule has 1 N–H and O–H groups in total. The maximum Gasteiger partial charge on any atom is 0.0312 e. The highest BCUT2D eigenvalue weighted by Crippen LogP contribution is 2.22. The van der Waals surface area contributed by atoms with Crippen molar-refractivity contribution in [1.82, 2.24) is 15.2 Å². The molecule has 1 heterocycles. The zero-order chi connectivity index (χ0) is 12.6. The Hall–Kier alpha value is -0.930. The number of nitrogens with one attached hydrogen (secondary N) is 1. The predicted molar refractivity (Wildman–Crippen MR) is 75.4 cm³/mol. The molecule has 0 spiro atoms. The zero-order valence-corrected chi connectivity index (χ0v) is 11.4. The van der Waals surface area contributed by atoms with Crippen molar-refractivity contribution >= 4 is 0 Å². The normalized spacial score (nSPS) is 16.6. The molecule has 2 rings (SSSR count). The van der Waals surface area contributed by atoms with Crippen molar-refractivity contribution in [2.75, 3.05) is 19.6 Å². The second-order valence-corrected chi connectivity index (χ2v) is 5.10. The van der Waals surface area contributed by atoms with E-state index >= 15 is 0 Å². The molecular weight excluding hydrogens is 222 g/mol. The maximum absolute atomic E-state index is 4.13. The van der Waals surface area contributed by atoms with Crippen LogP contribution in [-0.4, -0.2) is 35.6 Å². The van der Waals surface area contributed by atoms with Gasteiger partial charge in [-0.05, 0) is 31.0 Å². The van der Waals surface area contributed by atoms with Crippen LogP contribution in [0.25, 0.3) is 0 Å². The van der Waals surface area contributed by atoms with Gasteiger partial charge in [0, 0.05) is 38.1 Å². The predicted octanol–water partition coefficient (Wildman–Crippen LogP) is 2.44. The first-order chi connectivity index (χ1) is 8.90. The van der Waals surface area contributed by atoms with E-state index in [2.05, 4.69) is 28.2 Å². The molecule has 0 unspecified atom stereocenters. The molecule has 3 heteroatoms. The van der Waals surface area contributed by atoms with Crippen LogP contribution in [0.15, 0.2) is 24.5 Å². The molecule has 0 atom stereocenters. The smallest absolute Gasteiger partial charge is 0.0312 e. The average molecular weight is 247 g/mol. The Morgan fingerprint density at radius 1 is 1.39 bits per heavy atom. The number of aromatic nitrogens is 1. The molecule has 0 amide bonds. The summed E-state index contributed by atoms with van der Waals surface area (Å²) in [4.78, 5) is 6.76. The van der Waals surface area contributed by atoms with Crippen LogP contribution in [0.4, 0.5) is 0 Å². The monoisotopic (exact) mass is 247 g/mol. The first-order valence-electron chi connectivity index (χ1n) is 7.24. The van der Waals surface area contributed by atoms with Crippen molar-refractivity contribution in [3.05, 3.63) is 30.1 Å². The van der Waals surface area contributed by atoms with Gasteiger partial charge in [0.05, 0.1) is 0 Å². The van der Waals surface area contributed by atoms with E-state index in [0.29, 0.717) is 0 Å². The molecule has 0 saturated heterocycles. The van der Waals surface area contributed by atoms with Gasteiger partial charge in [0.2, 0.25) is 0 Å². The molecule has 18 heavy (non-hydrogen) atoms. The molecule has 1 aliphatic carbocycles. The van der Waals surface area contributed by atoms with Crippen molar-refractivity contribution < 1.29 is 0 Å². The second kappa shape index (κ2) is 7.49. The standard InChI is InChI=1S/C15H25N3/c1-2-18(15-7-3-4-8-15)11-10-17-13-14-6-5-9-16-12-14/h5-6,9,12,15,17H,2-4,7-8,10-11,13H2,1H3. The van der Waals surface area contributed by atoms with Gasteiger partial charge in [-0.15, -0.1) is 0 Å². The zero-order valence-electron chi connectivity index (χ0n) is 11.4. The van der Waals surface area contributed by atoms with Gasteiger partial charge in [-0.25, -0.2) is 0 Å². The minimum atomic E-state index is 0.843. The summed E-state index contributed by atoms with van der Waals surface area (Å²) in [6.07, 6.45) is 9.39. The summed E-state index contributed by atoms with van der Waals surface area (Å²) in [6, 6.07) is 4.96. The van der Waals surface area contributed by atoms with E-state index in [-0.39, 0.29) is 0 Å². The third-order valence-electron chi connectivity index (χ3n) is 3.87. The topological polar surface area (TPSA) is 28.2 Å². The van der Waals surface area contributed by atoms with Crippen LogP contribution >= 0.6 is 0 Å². The van der Waals surface area contributed by atoms with Crippen LogP contribution in [0, 0.1) is 0 Å². The highest BCUT2D eigenvalue weighted by atomic mass is 15.2. The van der Waals surface area contributed by atoms with E-state index in [9.17, 15) is 0 Å². The minimum Gasteiger partial charge on any atom is -0.311 e. The minimum absolute atomic E-state index is 0.843. The quantitative estimate of drug-likeness (QED) is 0.750. The molecule has 1 aromatic rings. The number of likely N-dealkylation sites (N-methyl/N-ethyl adjacent to an activating group) is 1. The highest BCUT2D eigenvalue weighted by Gasteiger charge is 2.20. The van der Waals surface area contributed by atoms with Crippen LogP contribution in [-0.2, 0) is 6.54 Å². The van der Waals surface area contributed by atoms with Crippen molar-refractivity contribution in [1.29, 1.82) is 0 Å². The van der Waals surface area contributed by atoms with Crippen molar-refractivity contribution in [3.63, 3.8) is 0 Å². The fourth-order valence-electron chi connectivity index (χ4n) is 2.83. The molecule has 0 bridgehead atoms. The Kier molecular flexibility index (Phi) is 5.62. The van der Waals surface area contributed by atoms with Crippen LogP contribution < -0.4 is 5.32 Å². The number of nitrogens with zero attached hydrogens (tertiary/aromatic N) is 2. The molecule has 100 valence electrons. The van der Waals surface area contributed by atoms with Crippen LogP contribution in [0.1, 0.15) is 38.2 Å². The van der Waals surface area contributed by atoms with Crippen LogP contribution in [0.2, 0.25) is 0 Å². The van der Waals surface area contributed by atoms with E-state index in [1.165, 1.54) is 44.3 Å². The fourth-order valence-corrected chi connectivity index (χ4v) is 2.83. The van der Waals surface area contributed by atoms with E-state index < -0.39 is 0 Å². The second-order valence-electron chi connectivity index (χ2n) is 5.10. The van der Waals surface area contributed by atoms with Crippen LogP contribution in [0.5, 0.6) is 0 Å². The number of pyridine rings is 1. The molecule has 1 fully saturated rings. The highest BCUT2D eigenvalue weighted by molar-refractivity contribution is 5.07. The third-order valence-corrected chi connectivity index (χ3v) is 3.87. The molecule has 1 aromatic heterocycles. The van der Waals surface area contributed by atoms with E-state index in [4.69, 9.17) is 0 Å². The summed E-state index contributed by atoms with van der Waals surface area (Å²) >= 11 is 0. The summed E-state index contributed by atoms with van der Waals surface area (Å²) < 4.78 is 0. The average Bonchev–Trinajstić information content (AvgIpc) is 2.94. The third kappa shape index (κ3) is 4.07. The lowest BCUT2D eigenvalue weighted by Crippen LogP contribution is -2.38. The van der Waals surface area contributed by atoms with Gasteiger partial charge >= 0.3 is 0 Å². The van der Waals surface area contributed by atoms with Crippen molar-refractivity contribution in [2.24, 2.45) is 0 Å². The molecule has 0 aromatic carbocycles. The number of rotatable bonds is 7. The summed E-state index contributed by atoms with van der Waals surface area (Å²) in [7, 11) is 0. The van der Waals surface area contributed by atoms with Gasteiger partial charge in [0.1, 0.15) is 0 Å². The Morgan fingerprint density at radius 3 is 2.89 bits per heavy atom. The SMILES string of the molecule is CCN(CCNCc1cccnc1)C1CCCC1. The van der Waals surface area contributed by atoms with Gasteiger partial charge in [-0.3, -0.25) is 9.88 Å². The molecule has 1 aliphatic rings. The lowest BCUT2D eigenvalue weighted by Gasteiger charge is -2.27. The van der Waals surface area contributed by atoms with E-state index in [1.807, 2.05) is 18.5 Å². The summed E-state index contributed by atoms with van der Waals surface area (Å²) in [5, 5.41) is 3.51. The van der Waals surface area contributed by atoms with Crippen molar-refractivity contribution in [3.8, 4) is 0 Å². The summed E-state index contributed by atoms with van der Waals surface area (Å²) in [5.41, 5.74) is 1.27. The first-order valence-corrected chi connectivity index (χ1v) is 7.24. The molecule has 0 radical (unpaired) electrons. The molecule has 3 nitrogen and oxygen atoms in total. The molecular formula is C15H25N3. The first kappa shape index (κ1) is 13.5. The number of hydrogen-bond acceptors (Lipinski definition) is 3. The Bertz CT molecular complexity index is 320. The van der Waals surface area contributed by atoms with Crippen molar-refractivity contribution in [2.45, 2.75) is 45.2 Å². The molecule has 0 aliphatic heterocycles. The van der Waals surface area contributed by atoms with Gasteiger partial charge in [0.15, 0.2) is 0 Å². The fraction of sp³-hybridized carbons (Fsp3) is 0.667. The molecule has 1 saturated carbocycles. The maximum atomic E-state index is 4.13. The summed E-state index contributed by atoms with van der Waals surface area (Å²) in [6.45, 7) is 6.62. The van der Waals surface area contributed by atoms with Gasteiger partial charge in [0.25, 0.3) is 0 Å². The Morgan fingerprint density at radius 2 is 2.22 bits per heavy atom. The van der Waals surface area contributed by atoms with E-state index in [0.717, 1.165) is 19.1 Å². The van der Waals surface area contributed by atoms with Gasteiger partial charge < -0.3 is 5.32 Å². The Balaban J connectivity index is 1.64. The Labute approximate surface area is 111 Å². The van der Waals surface area contributed by atoms with Gasteiger partial charge in [-0.1, -0.05) is 25.8 Å². The largest absolute Gasteiger partial charge is 0.311 e. The summed E-state index contributed by atoms with van der Waals surface area (Å²) in [5.74, 6) is 0. The van der Waals surface area contributed by atoms with Gasteiger partial charge in [-0.2, -0.15) is 0 Å². The number of hydrogen-bond donors (Lipinski definition) is 1. The van der Waals surface area contributed by atoms with E-state index in [1.54, 1.807) is 0 Å². The lowest BCUT2D eigenvalue weighted by atomic mass is 10.2.